The van der Waals surface area contributed by atoms with Crippen LogP contribution in [0, 0.1) is 0 Å². The predicted octanol–water partition coefficient (Wildman–Crippen LogP) is 1.51. The highest BCUT2D eigenvalue weighted by atomic mass is 35.5. The number of rotatable bonds is 5. The fourth-order valence-electron chi connectivity index (χ4n) is 1.42. The summed E-state index contributed by atoms with van der Waals surface area (Å²) in [7, 11) is 3.19. The number of methoxy groups -OCH3 is 2. The van der Waals surface area contributed by atoms with Gasteiger partial charge in [-0.25, -0.2) is 0 Å². The van der Waals surface area contributed by atoms with Gasteiger partial charge >= 0.3 is 0 Å². The highest BCUT2D eigenvalue weighted by Crippen LogP contribution is 2.29. The van der Waals surface area contributed by atoms with E-state index in [0.717, 1.165) is 11.3 Å². The minimum atomic E-state index is -0.212. The molecule has 0 fully saturated rings. The van der Waals surface area contributed by atoms with Crippen LogP contribution in [0.25, 0.3) is 0 Å². The van der Waals surface area contributed by atoms with E-state index in [4.69, 9.17) is 20.3 Å². The number of benzene rings is 1. The van der Waals surface area contributed by atoms with E-state index in [9.17, 15) is 0 Å². The van der Waals surface area contributed by atoms with Crippen LogP contribution in [0.2, 0.25) is 0 Å². The average Bonchev–Trinajstić information content (AvgIpc) is 2.28. The molecule has 0 saturated heterocycles. The summed E-state index contributed by atoms with van der Waals surface area (Å²) in [4.78, 5) is 0. The molecule has 0 spiro atoms. The molecule has 5 heteroatoms. The first-order chi connectivity index (χ1) is 7.22. The van der Waals surface area contributed by atoms with Crippen LogP contribution >= 0.6 is 12.4 Å². The molecule has 0 heterocycles. The Bertz CT molecular complexity index is 320. The molecule has 0 aromatic heterocycles. The zero-order chi connectivity index (χ0) is 11.3. The third-order valence-corrected chi connectivity index (χ3v) is 2.28. The molecule has 1 aromatic rings. The number of ether oxygens (including phenoxy) is 2. The van der Waals surface area contributed by atoms with E-state index in [0.29, 0.717) is 12.2 Å². The van der Waals surface area contributed by atoms with Crippen molar-refractivity contribution in [2.45, 2.75) is 12.5 Å². The molecule has 92 valence electrons. The van der Waals surface area contributed by atoms with Crippen LogP contribution < -0.4 is 15.2 Å². The number of aliphatic hydroxyl groups excluding tert-OH is 1. The Labute approximate surface area is 102 Å². The second-order valence-corrected chi connectivity index (χ2v) is 3.23. The third-order valence-electron chi connectivity index (χ3n) is 2.28. The molecular formula is C11H18ClNO3. The fourth-order valence-corrected chi connectivity index (χ4v) is 1.42. The van der Waals surface area contributed by atoms with Gasteiger partial charge in [0.05, 0.1) is 14.2 Å². The lowest BCUT2D eigenvalue weighted by Gasteiger charge is -2.15. The van der Waals surface area contributed by atoms with Gasteiger partial charge in [-0.15, -0.1) is 12.4 Å². The predicted molar refractivity (Wildman–Crippen MR) is 65.4 cm³/mol. The largest absolute Gasteiger partial charge is 0.497 e. The summed E-state index contributed by atoms with van der Waals surface area (Å²) >= 11 is 0. The van der Waals surface area contributed by atoms with Gasteiger partial charge in [-0.3, -0.25) is 0 Å². The van der Waals surface area contributed by atoms with Crippen molar-refractivity contribution in [2.24, 2.45) is 5.73 Å². The fraction of sp³-hybridized carbons (Fsp3) is 0.455. The van der Waals surface area contributed by atoms with Crippen molar-refractivity contribution in [1.82, 2.24) is 0 Å². The maximum absolute atomic E-state index is 8.82. The van der Waals surface area contributed by atoms with Crippen LogP contribution in [-0.2, 0) is 0 Å². The number of aliphatic hydroxyl groups is 1. The van der Waals surface area contributed by atoms with Crippen LogP contribution in [0.15, 0.2) is 18.2 Å². The molecule has 0 amide bonds. The summed E-state index contributed by atoms with van der Waals surface area (Å²) in [5.74, 6) is 1.42. The van der Waals surface area contributed by atoms with Gasteiger partial charge < -0.3 is 20.3 Å². The standard InChI is InChI=1S/C11H17NO3.ClH/c1-14-8-3-4-9(10(12)5-6-13)11(7-8)15-2;/h3-4,7,10,13H,5-6,12H2,1-2H3;1H. The van der Waals surface area contributed by atoms with Gasteiger partial charge in [0, 0.05) is 24.3 Å². The normalized spacial score (nSPS) is 11.5. The quantitative estimate of drug-likeness (QED) is 0.828. The van der Waals surface area contributed by atoms with Gasteiger partial charge in [0.1, 0.15) is 11.5 Å². The summed E-state index contributed by atoms with van der Waals surface area (Å²) in [6.45, 7) is 0.0658. The summed E-state index contributed by atoms with van der Waals surface area (Å²) in [6.07, 6.45) is 0.517. The molecule has 0 aliphatic heterocycles. The average molecular weight is 248 g/mol. The molecule has 4 nitrogen and oxygen atoms in total. The Kier molecular flexibility index (Phi) is 6.88. The smallest absolute Gasteiger partial charge is 0.127 e. The van der Waals surface area contributed by atoms with Gasteiger partial charge in [-0.05, 0) is 12.5 Å². The Balaban J connectivity index is 0.00000225. The molecule has 0 saturated carbocycles. The zero-order valence-electron chi connectivity index (χ0n) is 9.47. The Hall–Kier alpha value is -0.970. The van der Waals surface area contributed by atoms with Crippen molar-refractivity contribution in [3.8, 4) is 11.5 Å². The molecule has 1 rings (SSSR count). The highest BCUT2D eigenvalue weighted by molar-refractivity contribution is 5.85. The first-order valence-corrected chi connectivity index (χ1v) is 4.81. The molecule has 3 N–H and O–H groups in total. The molecule has 0 bridgehead atoms. The second-order valence-electron chi connectivity index (χ2n) is 3.23. The van der Waals surface area contributed by atoms with E-state index in [2.05, 4.69) is 0 Å². The van der Waals surface area contributed by atoms with Gasteiger partial charge in [-0.2, -0.15) is 0 Å². The minimum Gasteiger partial charge on any atom is -0.497 e. The van der Waals surface area contributed by atoms with Crippen LogP contribution in [0.1, 0.15) is 18.0 Å². The summed E-state index contributed by atoms with van der Waals surface area (Å²) in [5, 5.41) is 8.82. The first-order valence-electron chi connectivity index (χ1n) is 4.81. The van der Waals surface area contributed by atoms with E-state index in [1.807, 2.05) is 12.1 Å². The van der Waals surface area contributed by atoms with E-state index >= 15 is 0 Å². The maximum atomic E-state index is 8.82. The minimum absolute atomic E-state index is 0. The SMILES string of the molecule is COc1ccc(C(N)CCO)c(OC)c1.Cl. The van der Waals surface area contributed by atoms with Crippen LogP contribution in [0.5, 0.6) is 11.5 Å². The van der Waals surface area contributed by atoms with Crippen molar-refractivity contribution in [1.29, 1.82) is 0 Å². The topological polar surface area (TPSA) is 64.7 Å². The van der Waals surface area contributed by atoms with Crippen LogP contribution in [-0.4, -0.2) is 25.9 Å². The molecule has 0 aliphatic rings. The van der Waals surface area contributed by atoms with Gasteiger partial charge in [-0.1, -0.05) is 6.07 Å². The van der Waals surface area contributed by atoms with Crippen LogP contribution in [0.4, 0.5) is 0 Å². The molecule has 1 aromatic carbocycles. The lowest BCUT2D eigenvalue weighted by Crippen LogP contribution is -2.13. The molecule has 0 aliphatic carbocycles. The van der Waals surface area contributed by atoms with Crippen molar-refractivity contribution < 1.29 is 14.6 Å². The summed E-state index contributed by atoms with van der Waals surface area (Å²) < 4.78 is 10.3. The Morgan fingerprint density at radius 1 is 1.31 bits per heavy atom. The lowest BCUT2D eigenvalue weighted by atomic mass is 10.0. The lowest BCUT2D eigenvalue weighted by molar-refractivity contribution is 0.275. The van der Waals surface area contributed by atoms with Gasteiger partial charge in [0.2, 0.25) is 0 Å². The first kappa shape index (κ1) is 15.0. The molecule has 16 heavy (non-hydrogen) atoms. The Morgan fingerprint density at radius 2 is 2.00 bits per heavy atom. The van der Waals surface area contributed by atoms with E-state index in [1.165, 1.54) is 0 Å². The molecule has 1 unspecified atom stereocenters. The number of hydrogen-bond donors (Lipinski definition) is 2. The number of nitrogens with two attached hydrogens (primary N) is 1. The van der Waals surface area contributed by atoms with E-state index < -0.39 is 0 Å². The van der Waals surface area contributed by atoms with Crippen molar-refractivity contribution in [3.63, 3.8) is 0 Å². The van der Waals surface area contributed by atoms with E-state index in [-0.39, 0.29) is 25.1 Å². The van der Waals surface area contributed by atoms with Crippen molar-refractivity contribution >= 4 is 12.4 Å². The van der Waals surface area contributed by atoms with Gasteiger partial charge in [0.25, 0.3) is 0 Å². The second kappa shape index (κ2) is 7.33. The highest BCUT2D eigenvalue weighted by Gasteiger charge is 2.12. The monoisotopic (exact) mass is 247 g/mol. The maximum Gasteiger partial charge on any atom is 0.127 e. The molecular weight excluding hydrogens is 230 g/mol. The van der Waals surface area contributed by atoms with Crippen molar-refractivity contribution in [3.05, 3.63) is 23.8 Å². The summed E-state index contributed by atoms with van der Waals surface area (Å²) in [5.41, 5.74) is 6.77. The van der Waals surface area contributed by atoms with E-state index in [1.54, 1.807) is 20.3 Å². The number of hydrogen-bond acceptors (Lipinski definition) is 4. The van der Waals surface area contributed by atoms with Crippen molar-refractivity contribution in [2.75, 3.05) is 20.8 Å². The van der Waals surface area contributed by atoms with Crippen LogP contribution in [0.3, 0.4) is 0 Å². The molecule has 0 radical (unpaired) electrons. The number of halogens is 1. The molecule has 1 atom stereocenters. The van der Waals surface area contributed by atoms with Gasteiger partial charge in [0.15, 0.2) is 0 Å². The Morgan fingerprint density at radius 3 is 2.50 bits per heavy atom. The zero-order valence-corrected chi connectivity index (χ0v) is 10.3. The third kappa shape index (κ3) is 3.56. The summed E-state index contributed by atoms with van der Waals surface area (Å²) in [6, 6.07) is 5.26.